The number of likely N-dealkylation sites (tertiary alicyclic amines) is 1. The number of rotatable bonds is 4. The lowest BCUT2D eigenvalue weighted by Crippen LogP contribution is -2.27. The highest BCUT2D eigenvalue weighted by atomic mass is 16.5. The van der Waals surface area contributed by atoms with Crippen molar-refractivity contribution in [3.05, 3.63) is 23.0 Å². The SMILES string of the molecule is COc1c([C@H]2CCCN2[C@@H](C)c2nnc(C)o2)c(C)nn1C. The van der Waals surface area contributed by atoms with Gasteiger partial charge in [0, 0.05) is 20.0 Å². The Hall–Kier alpha value is -1.89. The van der Waals surface area contributed by atoms with Gasteiger partial charge >= 0.3 is 0 Å². The molecule has 7 nitrogen and oxygen atoms in total. The van der Waals surface area contributed by atoms with Crippen LogP contribution in [0.15, 0.2) is 4.42 Å². The number of methoxy groups -OCH3 is 1. The molecule has 2 atom stereocenters. The van der Waals surface area contributed by atoms with E-state index < -0.39 is 0 Å². The summed E-state index contributed by atoms with van der Waals surface area (Å²) in [5, 5.41) is 12.6. The molecule has 0 amide bonds. The van der Waals surface area contributed by atoms with Gasteiger partial charge in [0.25, 0.3) is 0 Å². The molecule has 7 heteroatoms. The molecule has 0 N–H and O–H groups in total. The Morgan fingerprint density at radius 2 is 2.09 bits per heavy atom. The van der Waals surface area contributed by atoms with Gasteiger partial charge in [0.05, 0.1) is 24.4 Å². The summed E-state index contributed by atoms with van der Waals surface area (Å²) in [6, 6.07) is 0.351. The number of hydrogen-bond donors (Lipinski definition) is 0. The van der Waals surface area contributed by atoms with E-state index in [1.165, 1.54) is 5.56 Å². The Morgan fingerprint density at radius 3 is 2.73 bits per heavy atom. The molecule has 0 saturated carbocycles. The molecule has 22 heavy (non-hydrogen) atoms. The number of aromatic nitrogens is 4. The lowest BCUT2D eigenvalue weighted by Gasteiger charge is -2.28. The fraction of sp³-hybridized carbons (Fsp3) is 0.667. The lowest BCUT2D eigenvalue weighted by molar-refractivity contribution is 0.163. The molecule has 0 spiro atoms. The van der Waals surface area contributed by atoms with Gasteiger partial charge in [-0.15, -0.1) is 10.2 Å². The minimum Gasteiger partial charge on any atom is -0.481 e. The third-order valence-electron chi connectivity index (χ3n) is 4.43. The topological polar surface area (TPSA) is 69.2 Å². The number of nitrogens with zero attached hydrogens (tertiary/aromatic N) is 5. The Kier molecular flexibility index (Phi) is 3.90. The zero-order valence-electron chi connectivity index (χ0n) is 13.8. The normalized spacial score (nSPS) is 20.5. The summed E-state index contributed by atoms with van der Waals surface area (Å²) in [5.41, 5.74) is 2.19. The molecule has 3 heterocycles. The minimum absolute atomic E-state index is 0.0815. The van der Waals surface area contributed by atoms with Crippen LogP contribution in [0.5, 0.6) is 5.88 Å². The van der Waals surface area contributed by atoms with E-state index in [2.05, 4.69) is 27.1 Å². The van der Waals surface area contributed by atoms with E-state index in [9.17, 15) is 0 Å². The summed E-state index contributed by atoms with van der Waals surface area (Å²) in [6.45, 7) is 6.98. The summed E-state index contributed by atoms with van der Waals surface area (Å²) < 4.78 is 13.0. The molecule has 0 unspecified atom stereocenters. The van der Waals surface area contributed by atoms with Crippen LogP contribution in [-0.2, 0) is 7.05 Å². The lowest BCUT2D eigenvalue weighted by atomic mass is 10.0. The van der Waals surface area contributed by atoms with Gasteiger partial charge in [-0.1, -0.05) is 0 Å². The molecule has 3 rings (SSSR count). The van der Waals surface area contributed by atoms with E-state index in [0.717, 1.165) is 31.0 Å². The third kappa shape index (κ3) is 2.39. The molecular formula is C15H23N5O2. The first-order chi connectivity index (χ1) is 10.5. The molecule has 1 saturated heterocycles. The zero-order chi connectivity index (χ0) is 15.9. The first-order valence-corrected chi connectivity index (χ1v) is 7.66. The number of hydrogen-bond acceptors (Lipinski definition) is 6. The molecular weight excluding hydrogens is 282 g/mol. The average Bonchev–Trinajstić information content (AvgIpc) is 3.16. The van der Waals surface area contributed by atoms with Crippen LogP contribution < -0.4 is 4.74 Å². The van der Waals surface area contributed by atoms with Gasteiger partial charge in [-0.05, 0) is 33.2 Å². The molecule has 0 bridgehead atoms. The van der Waals surface area contributed by atoms with Crippen LogP contribution in [0.25, 0.3) is 0 Å². The maximum absolute atomic E-state index is 5.62. The van der Waals surface area contributed by atoms with Crippen molar-refractivity contribution in [2.75, 3.05) is 13.7 Å². The molecule has 2 aromatic heterocycles. The van der Waals surface area contributed by atoms with E-state index >= 15 is 0 Å². The predicted molar refractivity (Wildman–Crippen MR) is 80.6 cm³/mol. The fourth-order valence-corrected chi connectivity index (χ4v) is 3.46. The van der Waals surface area contributed by atoms with Crippen molar-refractivity contribution in [1.82, 2.24) is 24.9 Å². The zero-order valence-corrected chi connectivity index (χ0v) is 13.8. The van der Waals surface area contributed by atoms with Gasteiger partial charge in [-0.2, -0.15) is 5.10 Å². The molecule has 0 aliphatic carbocycles. The van der Waals surface area contributed by atoms with E-state index in [-0.39, 0.29) is 12.1 Å². The van der Waals surface area contributed by atoms with Gasteiger partial charge < -0.3 is 9.15 Å². The third-order valence-corrected chi connectivity index (χ3v) is 4.43. The van der Waals surface area contributed by atoms with Crippen LogP contribution in [0.4, 0.5) is 0 Å². The molecule has 0 aromatic carbocycles. The molecule has 1 fully saturated rings. The van der Waals surface area contributed by atoms with Crippen LogP contribution in [0.3, 0.4) is 0 Å². The van der Waals surface area contributed by atoms with Gasteiger partial charge in [-0.25, -0.2) is 4.68 Å². The largest absolute Gasteiger partial charge is 0.481 e. The van der Waals surface area contributed by atoms with Gasteiger partial charge in [-0.3, -0.25) is 4.90 Å². The Labute approximate surface area is 130 Å². The predicted octanol–water partition coefficient (Wildman–Crippen LogP) is 2.33. The molecule has 1 aliphatic heterocycles. The van der Waals surface area contributed by atoms with E-state index in [1.807, 2.05) is 25.6 Å². The molecule has 0 radical (unpaired) electrons. The minimum atomic E-state index is 0.0815. The average molecular weight is 305 g/mol. The second-order valence-corrected chi connectivity index (χ2v) is 5.86. The summed E-state index contributed by atoms with van der Waals surface area (Å²) >= 11 is 0. The van der Waals surface area contributed by atoms with Crippen LogP contribution in [0.2, 0.25) is 0 Å². The molecule has 2 aromatic rings. The van der Waals surface area contributed by atoms with Crippen molar-refractivity contribution in [1.29, 1.82) is 0 Å². The van der Waals surface area contributed by atoms with Crippen molar-refractivity contribution in [3.8, 4) is 5.88 Å². The van der Waals surface area contributed by atoms with E-state index in [0.29, 0.717) is 11.8 Å². The number of aryl methyl sites for hydroxylation is 3. The Bertz CT molecular complexity index is 663. The van der Waals surface area contributed by atoms with Crippen LogP contribution in [-0.4, -0.2) is 38.5 Å². The summed E-state index contributed by atoms with van der Waals surface area (Å²) in [6.07, 6.45) is 2.22. The summed E-state index contributed by atoms with van der Waals surface area (Å²) in [4.78, 5) is 2.40. The number of ether oxygens (including phenoxy) is 1. The monoisotopic (exact) mass is 305 g/mol. The van der Waals surface area contributed by atoms with E-state index in [1.54, 1.807) is 7.11 Å². The van der Waals surface area contributed by atoms with Crippen LogP contribution >= 0.6 is 0 Å². The highest BCUT2D eigenvalue weighted by Crippen LogP contribution is 2.42. The highest BCUT2D eigenvalue weighted by molar-refractivity contribution is 5.35. The first-order valence-electron chi connectivity index (χ1n) is 7.66. The van der Waals surface area contributed by atoms with Crippen LogP contribution in [0, 0.1) is 13.8 Å². The Balaban J connectivity index is 1.94. The van der Waals surface area contributed by atoms with E-state index in [4.69, 9.17) is 9.15 Å². The summed E-state index contributed by atoms with van der Waals surface area (Å²) in [5.74, 6) is 2.11. The second kappa shape index (κ2) is 5.72. The Morgan fingerprint density at radius 1 is 1.32 bits per heavy atom. The van der Waals surface area contributed by atoms with Gasteiger partial charge in [0.15, 0.2) is 0 Å². The van der Waals surface area contributed by atoms with Gasteiger partial charge in [0.1, 0.15) is 0 Å². The standard InChI is InChI=1S/C15H23N5O2/c1-9-13(15(21-5)19(4)18-9)12-7-6-8-20(12)10(2)14-17-16-11(3)22-14/h10,12H,6-8H2,1-5H3/t10-,12+/m0/s1. The van der Waals surface area contributed by atoms with Crippen molar-refractivity contribution in [3.63, 3.8) is 0 Å². The molecule has 120 valence electrons. The van der Waals surface area contributed by atoms with Crippen molar-refractivity contribution < 1.29 is 9.15 Å². The highest BCUT2D eigenvalue weighted by Gasteiger charge is 2.36. The van der Waals surface area contributed by atoms with Crippen molar-refractivity contribution >= 4 is 0 Å². The van der Waals surface area contributed by atoms with Crippen molar-refractivity contribution in [2.45, 2.75) is 45.7 Å². The summed E-state index contributed by atoms with van der Waals surface area (Å²) in [7, 11) is 3.61. The maximum Gasteiger partial charge on any atom is 0.233 e. The van der Waals surface area contributed by atoms with Crippen molar-refractivity contribution in [2.24, 2.45) is 7.05 Å². The quantitative estimate of drug-likeness (QED) is 0.863. The molecule has 1 aliphatic rings. The smallest absolute Gasteiger partial charge is 0.233 e. The second-order valence-electron chi connectivity index (χ2n) is 5.86. The van der Waals surface area contributed by atoms with Gasteiger partial charge in [0.2, 0.25) is 17.7 Å². The first kappa shape index (κ1) is 15.0. The maximum atomic E-state index is 5.62. The van der Waals surface area contributed by atoms with Crippen LogP contribution in [0.1, 0.15) is 54.9 Å². The fourth-order valence-electron chi connectivity index (χ4n) is 3.46.